The highest BCUT2D eigenvalue weighted by molar-refractivity contribution is 6.18. The summed E-state index contributed by atoms with van der Waals surface area (Å²) in [6.07, 6.45) is 0. The predicted octanol–water partition coefficient (Wildman–Crippen LogP) is 3.42. The Labute approximate surface area is 116 Å². The summed E-state index contributed by atoms with van der Waals surface area (Å²) in [5, 5.41) is 3.38. The maximum Gasteiger partial charge on any atom is 0.125 e. The highest BCUT2D eigenvalue weighted by Crippen LogP contribution is 2.34. The van der Waals surface area contributed by atoms with Crippen LogP contribution >= 0.6 is 11.6 Å². The van der Waals surface area contributed by atoms with Crippen molar-refractivity contribution in [2.24, 2.45) is 0 Å². The second-order valence-electron chi connectivity index (χ2n) is 5.41. The molecule has 0 atom stereocenters. The van der Waals surface area contributed by atoms with Crippen LogP contribution in [-0.4, -0.2) is 26.1 Å². The normalized spacial score (nSPS) is 11.7. The first-order chi connectivity index (χ1) is 8.42. The molecule has 0 fully saturated rings. The van der Waals surface area contributed by atoms with E-state index in [4.69, 9.17) is 16.3 Å². The number of alkyl halides is 1. The summed E-state index contributed by atoms with van der Waals surface area (Å²) >= 11 is 5.70. The van der Waals surface area contributed by atoms with Gasteiger partial charge in [0.05, 0.1) is 7.11 Å². The van der Waals surface area contributed by atoms with Gasteiger partial charge in [-0.15, -0.1) is 11.6 Å². The fourth-order valence-corrected chi connectivity index (χ4v) is 2.42. The van der Waals surface area contributed by atoms with Gasteiger partial charge in [0, 0.05) is 29.9 Å². The molecule has 1 N–H and O–H groups in total. The summed E-state index contributed by atoms with van der Waals surface area (Å²) in [7, 11) is 1.74. The van der Waals surface area contributed by atoms with E-state index in [9.17, 15) is 0 Å². The van der Waals surface area contributed by atoms with Gasteiger partial charge >= 0.3 is 0 Å². The van der Waals surface area contributed by atoms with Gasteiger partial charge in [0.25, 0.3) is 0 Å². The lowest BCUT2D eigenvalue weighted by Gasteiger charge is -2.29. The Bertz CT molecular complexity index is 402. The van der Waals surface area contributed by atoms with Crippen molar-refractivity contribution in [2.75, 3.05) is 26.1 Å². The van der Waals surface area contributed by atoms with Crippen LogP contribution in [0.5, 0.6) is 5.75 Å². The molecule has 0 saturated carbocycles. The molecule has 0 aliphatic heterocycles. The van der Waals surface area contributed by atoms with Crippen LogP contribution in [0.1, 0.15) is 30.5 Å². The monoisotopic (exact) mass is 269 g/mol. The van der Waals surface area contributed by atoms with E-state index in [1.807, 2.05) is 0 Å². The Morgan fingerprint density at radius 3 is 2.50 bits per heavy atom. The fraction of sp³-hybridized carbons (Fsp3) is 0.600. The molecule has 0 amide bonds. The van der Waals surface area contributed by atoms with Crippen LogP contribution in [0, 0.1) is 13.8 Å². The van der Waals surface area contributed by atoms with Crippen molar-refractivity contribution in [2.45, 2.75) is 33.1 Å². The molecule has 0 radical (unpaired) electrons. The highest BCUT2D eigenvalue weighted by atomic mass is 35.5. The number of ether oxygens (including phenoxy) is 1. The third-order valence-corrected chi connectivity index (χ3v) is 3.38. The molecule has 3 heteroatoms. The second-order valence-corrected chi connectivity index (χ2v) is 5.79. The Kier molecular flexibility index (Phi) is 5.48. The third-order valence-electron chi connectivity index (χ3n) is 3.19. The van der Waals surface area contributed by atoms with Crippen LogP contribution in [0.25, 0.3) is 0 Å². The number of methoxy groups -OCH3 is 1. The summed E-state index contributed by atoms with van der Waals surface area (Å²) in [6.45, 7) is 10.4. The third kappa shape index (κ3) is 3.63. The molecule has 0 unspecified atom stereocenters. The average Bonchev–Trinajstić information content (AvgIpc) is 2.28. The Hall–Kier alpha value is -0.730. The molecule has 18 heavy (non-hydrogen) atoms. The molecule has 102 valence electrons. The number of aryl methyl sites for hydroxylation is 2. The van der Waals surface area contributed by atoms with Gasteiger partial charge in [-0.25, -0.2) is 0 Å². The predicted molar refractivity (Wildman–Crippen MR) is 79.1 cm³/mol. The number of hydrogen-bond donors (Lipinski definition) is 1. The molecule has 0 aliphatic carbocycles. The van der Waals surface area contributed by atoms with E-state index < -0.39 is 0 Å². The maximum atomic E-state index is 5.70. The quantitative estimate of drug-likeness (QED) is 0.631. The highest BCUT2D eigenvalue weighted by Gasteiger charge is 2.25. The van der Waals surface area contributed by atoms with E-state index >= 15 is 0 Å². The summed E-state index contributed by atoms with van der Waals surface area (Å²) in [6, 6.07) is 4.37. The largest absolute Gasteiger partial charge is 0.496 e. The molecule has 0 aromatic heterocycles. The molecule has 1 aromatic carbocycles. The van der Waals surface area contributed by atoms with E-state index in [0.29, 0.717) is 5.88 Å². The lowest BCUT2D eigenvalue weighted by Crippen LogP contribution is -2.34. The van der Waals surface area contributed by atoms with Crippen molar-refractivity contribution < 1.29 is 4.74 Å². The summed E-state index contributed by atoms with van der Waals surface area (Å²) < 4.78 is 5.57. The average molecular weight is 270 g/mol. The van der Waals surface area contributed by atoms with Crippen molar-refractivity contribution in [3.8, 4) is 5.75 Å². The van der Waals surface area contributed by atoms with E-state index in [2.05, 4.69) is 45.1 Å². The molecule has 0 heterocycles. The topological polar surface area (TPSA) is 21.3 Å². The van der Waals surface area contributed by atoms with Crippen molar-refractivity contribution in [3.63, 3.8) is 0 Å². The summed E-state index contributed by atoms with van der Waals surface area (Å²) in [5.74, 6) is 1.64. The fourth-order valence-electron chi connectivity index (χ4n) is 2.29. The number of benzene rings is 1. The lowest BCUT2D eigenvalue weighted by molar-refractivity contribution is 0.384. The Balaban J connectivity index is 3.05. The molecule has 2 nitrogen and oxygen atoms in total. The van der Waals surface area contributed by atoms with E-state index in [0.717, 1.165) is 18.8 Å². The SMILES string of the molecule is COc1c(C)cc(C)cc1C(C)(C)CNCCCl. The van der Waals surface area contributed by atoms with Crippen molar-refractivity contribution >= 4 is 11.6 Å². The van der Waals surface area contributed by atoms with Gasteiger partial charge in [-0.05, 0) is 19.4 Å². The van der Waals surface area contributed by atoms with Gasteiger partial charge in [-0.1, -0.05) is 31.5 Å². The molecule has 1 rings (SSSR count). The minimum atomic E-state index is 0.0220. The first-order valence-electron chi connectivity index (χ1n) is 6.34. The first-order valence-corrected chi connectivity index (χ1v) is 6.88. The standard InChI is InChI=1S/C15H24ClNO/c1-11-8-12(2)14(18-5)13(9-11)15(3,4)10-17-7-6-16/h8-9,17H,6-7,10H2,1-5H3. The summed E-state index contributed by atoms with van der Waals surface area (Å²) in [4.78, 5) is 0. The molecule has 0 spiro atoms. The zero-order chi connectivity index (χ0) is 13.8. The molecule has 0 saturated heterocycles. The number of rotatable bonds is 6. The van der Waals surface area contributed by atoms with Gasteiger partial charge in [0.2, 0.25) is 0 Å². The number of nitrogens with one attached hydrogen (secondary N) is 1. The van der Waals surface area contributed by atoms with Crippen LogP contribution in [0.4, 0.5) is 0 Å². The van der Waals surface area contributed by atoms with Crippen molar-refractivity contribution in [1.82, 2.24) is 5.32 Å². The number of hydrogen-bond acceptors (Lipinski definition) is 2. The molecule has 0 aliphatic rings. The van der Waals surface area contributed by atoms with Crippen LogP contribution in [0.3, 0.4) is 0 Å². The second kappa shape index (κ2) is 6.44. The Morgan fingerprint density at radius 1 is 1.28 bits per heavy atom. The minimum absolute atomic E-state index is 0.0220. The molecule has 0 bridgehead atoms. The van der Waals surface area contributed by atoms with Gasteiger partial charge in [-0.2, -0.15) is 0 Å². The smallest absolute Gasteiger partial charge is 0.125 e. The van der Waals surface area contributed by atoms with Gasteiger partial charge in [0.15, 0.2) is 0 Å². The van der Waals surface area contributed by atoms with Crippen LogP contribution in [-0.2, 0) is 5.41 Å². The van der Waals surface area contributed by atoms with Crippen molar-refractivity contribution in [3.05, 3.63) is 28.8 Å². The van der Waals surface area contributed by atoms with Crippen LogP contribution in [0.2, 0.25) is 0 Å². The molecular formula is C15H24ClNO. The lowest BCUT2D eigenvalue weighted by atomic mass is 9.82. The molecule has 1 aromatic rings. The summed E-state index contributed by atoms with van der Waals surface area (Å²) in [5.41, 5.74) is 3.74. The van der Waals surface area contributed by atoms with E-state index in [1.165, 1.54) is 16.7 Å². The molecular weight excluding hydrogens is 246 g/mol. The minimum Gasteiger partial charge on any atom is -0.496 e. The number of halogens is 1. The van der Waals surface area contributed by atoms with Crippen LogP contribution < -0.4 is 10.1 Å². The van der Waals surface area contributed by atoms with Gasteiger partial charge < -0.3 is 10.1 Å². The zero-order valence-corrected chi connectivity index (χ0v) is 12.8. The van der Waals surface area contributed by atoms with Crippen molar-refractivity contribution in [1.29, 1.82) is 0 Å². The van der Waals surface area contributed by atoms with Gasteiger partial charge in [0.1, 0.15) is 5.75 Å². The maximum absolute atomic E-state index is 5.70. The van der Waals surface area contributed by atoms with Gasteiger partial charge in [-0.3, -0.25) is 0 Å². The zero-order valence-electron chi connectivity index (χ0n) is 12.1. The van der Waals surface area contributed by atoms with E-state index in [-0.39, 0.29) is 5.41 Å². The van der Waals surface area contributed by atoms with Crippen LogP contribution in [0.15, 0.2) is 12.1 Å². The Morgan fingerprint density at radius 2 is 1.94 bits per heavy atom. The first kappa shape index (κ1) is 15.3. The van der Waals surface area contributed by atoms with E-state index in [1.54, 1.807) is 7.11 Å².